The van der Waals surface area contributed by atoms with Crippen LogP contribution in [0, 0.1) is 0 Å². The Labute approximate surface area is 177 Å². The lowest BCUT2D eigenvalue weighted by atomic mass is 10.0. The minimum atomic E-state index is -1.83. The summed E-state index contributed by atoms with van der Waals surface area (Å²) in [4.78, 5) is 0. The Kier molecular flexibility index (Phi) is 11.9. The summed E-state index contributed by atoms with van der Waals surface area (Å²) in [5, 5.41) is 10.8. The van der Waals surface area contributed by atoms with E-state index in [-0.39, 0.29) is 29.5 Å². The van der Waals surface area contributed by atoms with E-state index in [1.165, 1.54) is 44.9 Å². The Balaban J connectivity index is 2.63. The van der Waals surface area contributed by atoms with Crippen LogP contribution in [-0.4, -0.2) is 37.8 Å². The first-order valence-electron chi connectivity index (χ1n) is 12.1. The molecule has 4 heteroatoms. The predicted octanol–water partition coefficient (Wildman–Crippen LogP) is 7.23. The molecule has 1 aliphatic rings. The van der Waals surface area contributed by atoms with Crippen LogP contribution < -0.4 is 0 Å². The average Bonchev–Trinajstić information content (AvgIpc) is 3.10. The zero-order chi connectivity index (χ0) is 21.2. The van der Waals surface area contributed by atoms with Crippen molar-refractivity contribution in [2.45, 2.75) is 154 Å². The number of hydrogen-bond acceptors (Lipinski definition) is 3. The van der Waals surface area contributed by atoms with Crippen molar-refractivity contribution in [3.63, 3.8) is 0 Å². The van der Waals surface area contributed by atoms with Crippen LogP contribution in [0.2, 0.25) is 18.1 Å². The monoisotopic (exact) mass is 414 g/mol. The van der Waals surface area contributed by atoms with E-state index in [4.69, 9.17) is 9.16 Å². The Bertz CT molecular complexity index is 405. The third-order valence-corrected chi connectivity index (χ3v) is 11.4. The highest BCUT2D eigenvalue weighted by Crippen LogP contribution is 2.40. The SMILES string of the molecule is CCCCCC[C@@H](O)[C@@H]1CC[C@H]([C@@H](CCCCCC)O[Si](C)(C)C(C)(C)C)O1. The van der Waals surface area contributed by atoms with E-state index in [1.807, 2.05) is 0 Å². The van der Waals surface area contributed by atoms with E-state index in [0.717, 1.165) is 32.1 Å². The topological polar surface area (TPSA) is 38.7 Å². The number of ether oxygens (including phenoxy) is 1. The van der Waals surface area contributed by atoms with Crippen molar-refractivity contribution in [2.24, 2.45) is 0 Å². The fraction of sp³-hybridized carbons (Fsp3) is 1.00. The van der Waals surface area contributed by atoms with Crippen molar-refractivity contribution in [2.75, 3.05) is 0 Å². The van der Waals surface area contributed by atoms with Crippen LogP contribution in [-0.2, 0) is 9.16 Å². The molecule has 3 nitrogen and oxygen atoms in total. The van der Waals surface area contributed by atoms with Gasteiger partial charge in [-0.3, -0.25) is 0 Å². The Morgan fingerprint density at radius 3 is 1.96 bits per heavy atom. The molecule has 0 aliphatic carbocycles. The fourth-order valence-corrected chi connectivity index (χ4v) is 5.24. The molecule has 1 rings (SSSR count). The van der Waals surface area contributed by atoms with Crippen LogP contribution >= 0.6 is 0 Å². The van der Waals surface area contributed by atoms with Gasteiger partial charge in [0, 0.05) is 0 Å². The molecule has 1 saturated heterocycles. The molecule has 0 spiro atoms. The Morgan fingerprint density at radius 1 is 0.893 bits per heavy atom. The molecule has 1 fully saturated rings. The van der Waals surface area contributed by atoms with Crippen LogP contribution in [0.5, 0.6) is 0 Å². The quantitative estimate of drug-likeness (QED) is 0.241. The first-order chi connectivity index (χ1) is 13.1. The molecule has 1 N–H and O–H groups in total. The maximum absolute atomic E-state index is 10.6. The summed E-state index contributed by atoms with van der Waals surface area (Å²) in [6, 6.07) is 0. The second-order valence-electron chi connectivity index (χ2n) is 10.5. The molecule has 0 aromatic rings. The summed E-state index contributed by atoms with van der Waals surface area (Å²) in [7, 11) is -1.83. The van der Waals surface area contributed by atoms with Crippen molar-refractivity contribution >= 4 is 8.32 Å². The van der Waals surface area contributed by atoms with Crippen molar-refractivity contribution in [1.29, 1.82) is 0 Å². The van der Waals surface area contributed by atoms with Crippen molar-refractivity contribution in [3.8, 4) is 0 Å². The molecular formula is C24H50O3Si. The summed E-state index contributed by atoms with van der Waals surface area (Å²) in [6.45, 7) is 16.1. The number of hydrogen-bond donors (Lipinski definition) is 1. The standard InChI is InChI=1S/C24H50O3Si/c1-8-10-12-14-16-20(25)21-18-19-22(26-21)23(17-15-13-11-9-2)27-28(6,7)24(3,4)5/h20-23,25H,8-19H2,1-7H3/t20-,21+,22-,23-/m1/s1. The number of rotatable bonds is 14. The highest BCUT2D eigenvalue weighted by atomic mass is 28.4. The Hall–Kier alpha value is 0.0969. The Morgan fingerprint density at radius 2 is 1.43 bits per heavy atom. The highest BCUT2D eigenvalue weighted by Gasteiger charge is 2.43. The molecule has 1 heterocycles. The minimum Gasteiger partial charge on any atom is -0.411 e. The molecule has 0 radical (unpaired) electrons. The lowest BCUT2D eigenvalue weighted by molar-refractivity contribution is -0.0751. The number of aliphatic hydroxyl groups excluding tert-OH is 1. The van der Waals surface area contributed by atoms with Gasteiger partial charge in [0.1, 0.15) is 0 Å². The van der Waals surface area contributed by atoms with Gasteiger partial charge < -0.3 is 14.3 Å². The third-order valence-electron chi connectivity index (χ3n) is 6.88. The van der Waals surface area contributed by atoms with Gasteiger partial charge in [0.2, 0.25) is 0 Å². The normalized spacial score (nSPS) is 23.1. The summed E-state index contributed by atoms with van der Waals surface area (Å²) < 4.78 is 13.2. The van der Waals surface area contributed by atoms with E-state index >= 15 is 0 Å². The second kappa shape index (κ2) is 12.7. The van der Waals surface area contributed by atoms with Gasteiger partial charge in [-0.15, -0.1) is 0 Å². The first kappa shape index (κ1) is 26.1. The van der Waals surface area contributed by atoms with Gasteiger partial charge in [-0.25, -0.2) is 0 Å². The molecule has 28 heavy (non-hydrogen) atoms. The van der Waals surface area contributed by atoms with E-state index in [0.29, 0.717) is 0 Å². The van der Waals surface area contributed by atoms with Crippen LogP contribution in [0.3, 0.4) is 0 Å². The van der Waals surface area contributed by atoms with Gasteiger partial charge in [0.15, 0.2) is 8.32 Å². The van der Waals surface area contributed by atoms with Gasteiger partial charge in [0.05, 0.1) is 24.4 Å². The third kappa shape index (κ3) is 8.85. The molecule has 1 aliphatic heterocycles. The van der Waals surface area contributed by atoms with Crippen LogP contribution in [0.25, 0.3) is 0 Å². The molecule has 4 atom stereocenters. The largest absolute Gasteiger partial charge is 0.411 e. The minimum absolute atomic E-state index is 0.00721. The summed E-state index contributed by atoms with van der Waals surface area (Å²) in [5.74, 6) is 0. The number of unbranched alkanes of at least 4 members (excludes halogenated alkanes) is 6. The molecule has 0 aromatic carbocycles. The molecule has 0 bridgehead atoms. The van der Waals surface area contributed by atoms with Crippen LogP contribution in [0.15, 0.2) is 0 Å². The van der Waals surface area contributed by atoms with E-state index in [9.17, 15) is 5.11 Å². The number of aliphatic hydroxyl groups is 1. The molecule has 0 saturated carbocycles. The van der Waals surface area contributed by atoms with Crippen molar-refractivity contribution in [3.05, 3.63) is 0 Å². The highest BCUT2D eigenvalue weighted by molar-refractivity contribution is 6.74. The van der Waals surface area contributed by atoms with Gasteiger partial charge in [-0.2, -0.15) is 0 Å². The fourth-order valence-electron chi connectivity index (χ4n) is 3.86. The van der Waals surface area contributed by atoms with Gasteiger partial charge >= 0.3 is 0 Å². The van der Waals surface area contributed by atoms with E-state index < -0.39 is 8.32 Å². The maximum Gasteiger partial charge on any atom is 0.192 e. The summed E-state index contributed by atoms with van der Waals surface area (Å²) >= 11 is 0. The van der Waals surface area contributed by atoms with Gasteiger partial charge in [-0.05, 0) is 43.8 Å². The van der Waals surface area contributed by atoms with E-state index in [2.05, 4.69) is 47.7 Å². The average molecular weight is 415 g/mol. The van der Waals surface area contributed by atoms with Gasteiger partial charge in [-0.1, -0.05) is 86.0 Å². The van der Waals surface area contributed by atoms with Crippen LogP contribution in [0.1, 0.15) is 112 Å². The lowest BCUT2D eigenvalue weighted by Crippen LogP contribution is -2.47. The molecule has 0 aromatic heterocycles. The van der Waals surface area contributed by atoms with Crippen LogP contribution in [0.4, 0.5) is 0 Å². The zero-order valence-electron chi connectivity index (χ0n) is 20.1. The van der Waals surface area contributed by atoms with E-state index in [1.54, 1.807) is 0 Å². The zero-order valence-corrected chi connectivity index (χ0v) is 21.1. The van der Waals surface area contributed by atoms with Gasteiger partial charge in [0.25, 0.3) is 0 Å². The molecule has 168 valence electrons. The maximum atomic E-state index is 10.6. The molecule has 0 unspecified atom stereocenters. The molecule has 0 amide bonds. The smallest absolute Gasteiger partial charge is 0.192 e. The summed E-state index contributed by atoms with van der Waals surface area (Å²) in [5.41, 5.74) is 0. The van der Waals surface area contributed by atoms with Crippen molar-refractivity contribution in [1.82, 2.24) is 0 Å². The summed E-state index contributed by atoms with van der Waals surface area (Å²) in [6.07, 6.45) is 13.9. The predicted molar refractivity (Wildman–Crippen MR) is 123 cm³/mol. The lowest BCUT2D eigenvalue weighted by Gasteiger charge is -2.41. The van der Waals surface area contributed by atoms with Crippen molar-refractivity contribution < 1.29 is 14.3 Å². The first-order valence-corrected chi connectivity index (χ1v) is 15.0. The second-order valence-corrected chi connectivity index (χ2v) is 15.2. The molecular weight excluding hydrogens is 364 g/mol.